The summed E-state index contributed by atoms with van der Waals surface area (Å²) in [5.74, 6) is 1.15. The molecule has 13 rings (SSSR count). The molecule has 1 spiro atoms. The van der Waals surface area contributed by atoms with Gasteiger partial charge in [0.05, 0.1) is 5.69 Å². The van der Waals surface area contributed by atoms with E-state index in [-0.39, 0.29) is 10.8 Å². The van der Waals surface area contributed by atoms with Crippen molar-refractivity contribution in [2.45, 2.75) is 69.1 Å². The first-order chi connectivity index (χ1) is 29.0. The summed E-state index contributed by atoms with van der Waals surface area (Å²) in [5, 5.41) is 4.99. The summed E-state index contributed by atoms with van der Waals surface area (Å²) in [7, 11) is 0. The number of fused-ring (bicyclic) bond motifs is 13. The van der Waals surface area contributed by atoms with Crippen LogP contribution in [0, 0.1) is 0 Å². The summed E-state index contributed by atoms with van der Waals surface area (Å²) < 4.78 is 3.82. The van der Waals surface area contributed by atoms with Crippen molar-refractivity contribution < 1.29 is 0 Å². The van der Waals surface area contributed by atoms with Gasteiger partial charge in [0, 0.05) is 63.5 Å². The molecule has 0 aliphatic heterocycles. The lowest BCUT2D eigenvalue weighted by molar-refractivity contribution is 0.336. The predicted octanol–water partition coefficient (Wildman–Crippen LogP) is 15.6. The highest BCUT2D eigenvalue weighted by atomic mass is 32.1. The minimum absolute atomic E-state index is 0.00513. The normalized spacial score (nSPS) is 18.6. The zero-order chi connectivity index (χ0) is 39.0. The highest BCUT2D eigenvalue weighted by Crippen LogP contribution is 2.61. The van der Waals surface area contributed by atoms with E-state index in [0.717, 1.165) is 39.3 Å². The third-order valence-corrected chi connectivity index (χ3v) is 16.8. The van der Waals surface area contributed by atoms with Crippen molar-refractivity contribution in [1.29, 1.82) is 0 Å². The molecule has 284 valence electrons. The molecule has 0 N–H and O–H groups in total. The van der Waals surface area contributed by atoms with Gasteiger partial charge >= 0.3 is 0 Å². The molecular formula is C55H42N2S2. The Bertz CT molecular complexity index is 3310. The standard InChI is InChI=1S/C55H42N2S2/c1-54(2)43-20-9-7-16-35(43)40-31-46-41(30-44(40)54)36-24-22-34(29-45(36)55(46)26-11-4-12-27-55)33-23-25-48-42(28-33)37-18-13-19-39(51(37)58-48)52-56-50(32-14-5-3-6-15-32)49-38-17-8-10-21-47(38)59-53(49)57-52/h3,5-10,13-25,28,30-31,34H,4,11-12,26-27,29H2,1-2H3. The molecule has 59 heavy (non-hydrogen) atoms. The molecule has 9 aromatic rings. The number of hydrogen-bond donors (Lipinski definition) is 0. The summed E-state index contributed by atoms with van der Waals surface area (Å²) >= 11 is 3.64. The van der Waals surface area contributed by atoms with Crippen LogP contribution in [0.1, 0.15) is 86.1 Å². The molecule has 1 fully saturated rings. The zero-order valence-corrected chi connectivity index (χ0v) is 34.9. The van der Waals surface area contributed by atoms with Gasteiger partial charge in [0.2, 0.25) is 0 Å². The molecule has 0 bridgehead atoms. The van der Waals surface area contributed by atoms with Gasteiger partial charge in [0.15, 0.2) is 5.82 Å². The van der Waals surface area contributed by atoms with Crippen molar-refractivity contribution in [3.8, 4) is 33.8 Å². The second-order valence-electron chi connectivity index (χ2n) is 17.9. The van der Waals surface area contributed by atoms with E-state index in [9.17, 15) is 0 Å². The molecule has 1 saturated carbocycles. The van der Waals surface area contributed by atoms with Gasteiger partial charge in [-0.1, -0.05) is 142 Å². The molecule has 0 saturated heterocycles. The second kappa shape index (κ2) is 12.4. The summed E-state index contributed by atoms with van der Waals surface area (Å²) in [5.41, 5.74) is 17.0. The predicted molar refractivity (Wildman–Crippen MR) is 251 cm³/mol. The Balaban J connectivity index is 0.908. The Hall–Kier alpha value is -5.68. The van der Waals surface area contributed by atoms with Crippen LogP contribution in [0.15, 0.2) is 145 Å². The highest BCUT2D eigenvalue weighted by molar-refractivity contribution is 7.26. The van der Waals surface area contributed by atoms with E-state index < -0.39 is 0 Å². The quantitative estimate of drug-likeness (QED) is 0.178. The van der Waals surface area contributed by atoms with Crippen LogP contribution >= 0.6 is 22.7 Å². The number of nitrogens with zero attached hydrogens (tertiary/aromatic N) is 2. The molecule has 4 heteroatoms. The number of aromatic nitrogens is 2. The van der Waals surface area contributed by atoms with Crippen molar-refractivity contribution in [1.82, 2.24) is 9.97 Å². The van der Waals surface area contributed by atoms with Crippen LogP contribution in [0.4, 0.5) is 0 Å². The van der Waals surface area contributed by atoms with Crippen molar-refractivity contribution in [3.63, 3.8) is 0 Å². The highest BCUT2D eigenvalue weighted by Gasteiger charge is 2.48. The third-order valence-electron chi connectivity index (χ3n) is 14.5. The molecule has 1 unspecified atom stereocenters. The van der Waals surface area contributed by atoms with Crippen LogP contribution < -0.4 is 0 Å². The molecule has 0 amide bonds. The molecule has 2 nitrogen and oxygen atoms in total. The van der Waals surface area contributed by atoms with Crippen LogP contribution in [-0.4, -0.2) is 9.97 Å². The van der Waals surface area contributed by atoms with E-state index in [0.29, 0.717) is 5.92 Å². The lowest BCUT2D eigenvalue weighted by Crippen LogP contribution is -2.30. The molecule has 3 aromatic heterocycles. The Labute approximate surface area is 352 Å². The molecule has 1 atom stereocenters. The molecule has 3 heterocycles. The number of benzene rings is 6. The second-order valence-corrected chi connectivity index (χ2v) is 20.0. The lowest BCUT2D eigenvalue weighted by Gasteiger charge is -2.39. The first-order valence-corrected chi connectivity index (χ1v) is 23.0. The third kappa shape index (κ3) is 4.79. The molecule has 0 radical (unpaired) electrons. The maximum Gasteiger partial charge on any atom is 0.162 e. The first-order valence-electron chi connectivity index (χ1n) is 21.4. The van der Waals surface area contributed by atoms with Gasteiger partial charge in [-0.3, -0.25) is 0 Å². The minimum atomic E-state index is 0.00513. The van der Waals surface area contributed by atoms with Crippen molar-refractivity contribution >= 4 is 68.7 Å². The summed E-state index contributed by atoms with van der Waals surface area (Å²) in [4.78, 5) is 11.7. The largest absolute Gasteiger partial charge is 0.227 e. The minimum Gasteiger partial charge on any atom is -0.227 e. The van der Waals surface area contributed by atoms with Crippen LogP contribution in [0.25, 0.3) is 79.8 Å². The summed E-state index contributed by atoms with van der Waals surface area (Å²) in [6, 6.07) is 47.7. The smallest absolute Gasteiger partial charge is 0.162 e. The van der Waals surface area contributed by atoms with E-state index in [1.54, 1.807) is 22.5 Å². The number of allylic oxidation sites excluding steroid dienone is 4. The molecule has 6 aromatic carbocycles. The SMILES string of the molecule is CC1(C)c2ccccc2-c2cc3c(cc21)C1=C(CC(c2ccc4sc5c(-c6nc(-c7ccccc7)c7c(n6)sc6ccccc67)cccc5c4c2)C=C1)C31CCCCC1. The number of hydrogen-bond acceptors (Lipinski definition) is 4. The molecule has 4 aliphatic carbocycles. The number of rotatable bonds is 3. The van der Waals surface area contributed by atoms with Crippen molar-refractivity contribution in [2.75, 3.05) is 0 Å². The Kier molecular flexibility index (Phi) is 7.20. The Morgan fingerprint density at radius 2 is 1.36 bits per heavy atom. The van der Waals surface area contributed by atoms with E-state index in [1.807, 2.05) is 11.3 Å². The van der Waals surface area contributed by atoms with Crippen molar-refractivity contribution in [3.05, 3.63) is 173 Å². The van der Waals surface area contributed by atoms with E-state index >= 15 is 0 Å². The van der Waals surface area contributed by atoms with Gasteiger partial charge in [0.1, 0.15) is 4.83 Å². The van der Waals surface area contributed by atoms with Crippen molar-refractivity contribution in [2.24, 2.45) is 0 Å². The summed E-state index contributed by atoms with van der Waals surface area (Å²) in [6.07, 6.45) is 12.6. The molecule has 4 aliphatic rings. The Morgan fingerprint density at radius 3 is 2.25 bits per heavy atom. The fourth-order valence-corrected chi connectivity index (χ4v) is 13.9. The average molecular weight is 795 g/mol. The van der Waals surface area contributed by atoms with E-state index in [2.05, 4.69) is 153 Å². The first kappa shape index (κ1) is 34.2. The van der Waals surface area contributed by atoms with Gasteiger partial charge in [-0.15, -0.1) is 22.7 Å². The van der Waals surface area contributed by atoms with Gasteiger partial charge < -0.3 is 0 Å². The van der Waals surface area contributed by atoms with E-state index in [1.165, 1.54) is 101 Å². The van der Waals surface area contributed by atoms with Gasteiger partial charge in [-0.2, -0.15) is 0 Å². The van der Waals surface area contributed by atoms with Crippen LogP contribution in [0.3, 0.4) is 0 Å². The number of thiophene rings is 2. The average Bonchev–Trinajstić information content (AvgIpc) is 3.99. The fraction of sp³-hybridized carbons (Fsp3) is 0.200. The van der Waals surface area contributed by atoms with Gasteiger partial charge in [0.25, 0.3) is 0 Å². The van der Waals surface area contributed by atoms with Crippen LogP contribution in [0.5, 0.6) is 0 Å². The van der Waals surface area contributed by atoms with Crippen LogP contribution in [-0.2, 0) is 10.8 Å². The van der Waals surface area contributed by atoms with Crippen LogP contribution in [0.2, 0.25) is 0 Å². The lowest BCUT2D eigenvalue weighted by atomic mass is 9.64. The maximum atomic E-state index is 5.39. The van der Waals surface area contributed by atoms with E-state index in [4.69, 9.17) is 9.97 Å². The maximum absolute atomic E-state index is 5.39. The molecular weight excluding hydrogens is 753 g/mol. The summed E-state index contributed by atoms with van der Waals surface area (Å²) in [6.45, 7) is 4.84. The monoisotopic (exact) mass is 794 g/mol. The van der Waals surface area contributed by atoms with Gasteiger partial charge in [-0.05, 0) is 100 Å². The van der Waals surface area contributed by atoms with Gasteiger partial charge in [-0.25, -0.2) is 9.97 Å². The Morgan fingerprint density at radius 1 is 0.593 bits per heavy atom. The topological polar surface area (TPSA) is 25.8 Å². The fourth-order valence-electron chi connectivity index (χ4n) is 11.7. The zero-order valence-electron chi connectivity index (χ0n) is 33.3.